The van der Waals surface area contributed by atoms with Crippen molar-refractivity contribution in [3.05, 3.63) is 23.8 Å². The van der Waals surface area contributed by atoms with Crippen molar-refractivity contribution in [3.63, 3.8) is 0 Å². The fraction of sp³-hybridized carbons (Fsp3) is 0.690. The SMILES string of the molecule is CC(=O)COC(=O)[C@@H]1N2C(=O)C(I)(I)[C@H]2SC1(C)C.CCCCCCCC[S+]([O-])C(C)Cc1ccc2c(c1)OCO2. The molecule has 0 bridgehead atoms. The van der Waals surface area contributed by atoms with Crippen molar-refractivity contribution in [1.29, 1.82) is 0 Å². The van der Waals surface area contributed by atoms with E-state index in [-0.39, 0.29) is 28.9 Å². The molecule has 1 amide bonds. The van der Waals surface area contributed by atoms with Crippen LogP contribution in [0.2, 0.25) is 0 Å². The molecular weight excluding hydrogens is 792 g/mol. The highest BCUT2D eigenvalue weighted by atomic mass is 127. The lowest BCUT2D eigenvalue weighted by Gasteiger charge is -2.46. The van der Waals surface area contributed by atoms with Crippen molar-refractivity contribution < 1.29 is 33.1 Å². The van der Waals surface area contributed by atoms with E-state index in [1.165, 1.54) is 44.6 Å². The van der Waals surface area contributed by atoms with E-state index < -0.39 is 29.4 Å². The highest BCUT2D eigenvalue weighted by Gasteiger charge is 2.70. The molecule has 2 saturated heterocycles. The van der Waals surface area contributed by atoms with E-state index in [9.17, 15) is 18.9 Å². The second-order valence-electron chi connectivity index (χ2n) is 11.2. The fourth-order valence-corrected chi connectivity index (χ4v) is 9.61. The summed E-state index contributed by atoms with van der Waals surface area (Å²) in [6.07, 6.45) is 8.32. The van der Waals surface area contributed by atoms with Gasteiger partial charge < -0.3 is 23.7 Å². The van der Waals surface area contributed by atoms with Crippen molar-refractivity contribution >= 4 is 85.8 Å². The number of halogens is 2. The van der Waals surface area contributed by atoms with Crippen LogP contribution in [0.1, 0.15) is 78.7 Å². The highest BCUT2D eigenvalue weighted by molar-refractivity contribution is 14.2. The van der Waals surface area contributed by atoms with E-state index >= 15 is 0 Å². The molecule has 8 nitrogen and oxygen atoms in total. The summed E-state index contributed by atoms with van der Waals surface area (Å²) >= 11 is 5.10. The molecule has 0 aromatic heterocycles. The Hall–Kier alpha value is -0.450. The lowest BCUT2D eigenvalue weighted by Crippen LogP contribution is -2.68. The van der Waals surface area contributed by atoms with E-state index in [2.05, 4.69) is 59.0 Å². The number of fused-ring (bicyclic) bond motifs is 2. The molecule has 3 aliphatic rings. The molecule has 0 aliphatic carbocycles. The van der Waals surface area contributed by atoms with Gasteiger partial charge in [-0.15, -0.1) is 11.8 Å². The molecule has 0 spiro atoms. The second kappa shape index (κ2) is 15.5. The Labute approximate surface area is 278 Å². The van der Waals surface area contributed by atoms with Gasteiger partial charge in [0.15, 0.2) is 18.7 Å². The number of benzene rings is 1. The summed E-state index contributed by atoms with van der Waals surface area (Å²) in [7, 11) is 0. The average Bonchev–Trinajstić information content (AvgIpc) is 3.49. The number of unbranched alkanes of at least 4 members (excludes halogenated alkanes) is 5. The van der Waals surface area contributed by atoms with Crippen molar-refractivity contribution in [3.8, 4) is 11.5 Å². The predicted molar refractivity (Wildman–Crippen MR) is 181 cm³/mol. The van der Waals surface area contributed by atoms with Gasteiger partial charge in [-0.2, -0.15) is 0 Å². The topological polar surface area (TPSA) is 105 Å². The third kappa shape index (κ3) is 9.04. The van der Waals surface area contributed by atoms with E-state index in [4.69, 9.17) is 14.2 Å². The van der Waals surface area contributed by atoms with Gasteiger partial charge in [-0.25, -0.2) is 4.79 Å². The number of hydrogen-bond acceptors (Lipinski definition) is 8. The van der Waals surface area contributed by atoms with Crippen molar-refractivity contribution in [2.75, 3.05) is 19.2 Å². The third-order valence-corrected chi connectivity index (χ3v) is 13.5. The minimum absolute atomic E-state index is 0.0221. The zero-order valence-electron chi connectivity index (χ0n) is 24.4. The van der Waals surface area contributed by atoms with E-state index in [1.807, 2.05) is 32.0 Å². The molecule has 1 aromatic rings. The summed E-state index contributed by atoms with van der Waals surface area (Å²) in [6, 6.07) is 5.39. The first-order valence-corrected chi connectivity index (χ1v) is 18.5. The van der Waals surface area contributed by atoms with Gasteiger partial charge >= 0.3 is 5.97 Å². The number of rotatable bonds is 13. The zero-order valence-corrected chi connectivity index (χ0v) is 30.4. The van der Waals surface area contributed by atoms with Crippen LogP contribution in [0.5, 0.6) is 11.5 Å². The lowest BCUT2D eigenvalue weighted by molar-refractivity contribution is -0.161. The van der Waals surface area contributed by atoms with Crippen molar-refractivity contribution in [2.45, 2.75) is 102 Å². The van der Waals surface area contributed by atoms with Crippen LogP contribution in [0.4, 0.5) is 0 Å². The molecule has 4 rings (SSSR count). The molecule has 0 saturated carbocycles. The van der Waals surface area contributed by atoms with Crippen LogP contribution < -0.4 is 9.47 Å². The summed E-state index contributed by atoms with van der Waals surface area (Å²) in [4.78, 5) is 36.7. The smallest absolute Gasteiger partial charge is 0.330 e. The number of ether oxygens (including phenoxy) is 3. The van der Waals surface area contributed by atoms with Gasteiger partial charge in [0.1, 0.15) is 29.0 Å². The minimum Gasteiger partial charge on any atom is -0.616 e. The maximum Gasteiger partial charge on any atom is 0.330 e. The van der Waals surface area contributed by atoms with E-state index in [0.29, 0.717) is 6.79 Å². The first-order valence-electron chi connectivity index (χ1n) is 14.1. The molecule has 12 heteroatoms. The molecule has 3 heterocycles. The number of Topliss-reactive ketones (excluding diaryl/α,β-unsaturated/α-hetero) is 1. The number of carbonyl (C=O) groups is 3. The fourth-order valence-electron chi connectivity index (χ4n) is 4.93. The summed E-state index contributed by atoms with van der Waals surface area (Å²) < 4.78 is 27.1. The lowest BCUT2D eigenvalue weighted by atomic mass is 9.98. The molecule has 2 fully saturated rings. The summed E-state index contributed by atoms with van der Waals surface area (Å²) in [5.74, 6) is 1.70. The monoisotopic (exact) mass is 833 g/mol. The normalized spacial score (nSPS) is 22.6. The maximum absolute atomic E-state index is 12.3. The Bertz CT molecular complexity index is 1090. The number of carbonyl (C=O) groups excluding carboxylic acids is 3. The number of alkyl halides is 2. The third-order valence-electron chi connectivity index (χ3n) is 7.18. The summed E-state index contributed by atoms with van der Waals surface area (Å²) in [5.41, 5.74) is 1.17. The maximum atomic E-state index is 12.3. The predicted octanol–water partition coefficient (Wildman–Crippen LogP) is 6.20. The van der Waals surface area contributed by atoms with Crippen LogP contribution in [-0.4, -0.2) is 69.1 Å². The molecule has 4 atom stereocenters. The van der Waals surface area contributed by atoms with Gasteiger partial charge in [-0.3, -0.25) is 9.59 Å². The first-order chi connectivity index (χ1) is 19.3. The van der Waals surface area contributed by atoms with Crippen molar-refractivity contribution in [2.24, 2.45) is 0 Å². The van der Waals surface area contributed by atoms with Crippen LogP contribution >= 0.6 is 56.9 Å². The van der Waals surface area contributed by atoms with Crippen LogP contribution in [0.25, 0.3) is 0 Å². The molecule has 3 aliphatic heterocycles. The summed E-state index contributed by atoms with van der Waals surface area (Å²) in [6.45, 7) is 9.59. The largest absolute Gasteiger partial charge is 0.616 e. The summed E-state index contributed by atoms with van der Waals surface area (Å²) in [5, 5.41) is 0.169. The number of ketones is 1. The molecule has 2 unspecified atom stereocenters. The molecular formula is C29H41I2NO7S2. The van der Waals surface area contributed by atoms with Gasteiger partial charge in [0.05, 0.1) is 0 Å². The number of thioether (sulfide) groups is 1. The quantitative estimate of drug-likeness (QED) is 0.0579. The minimum atomic E-state index is -0.743. The molecule has 0 N–H and O–H groups in total. The van der Waals surface area contributed by atoms with Gasteiger partial charge in [0, 0.05) is 11.2 Å². The molecule has 41 heavy (non-hydrogen) atoms. The average molecular weight is 834 g/mol. The van der Waals surface area contributed by atoms with Crippen LogP contribution in [0, 0.1) is 0 Å². The second-order valence-corrected chi connectivity index (χ2v) is 20.4. The Kier molecular flexibility index (Phi) is 13.3. The molecule has 230 valence electrons. The Balaban J connectivity index is 0.000000228. The van der Waals surface area contributed by atoms with E-state index in [1.54, 1.807) is 16.7 Å². The molecule has 1 aromatic carbocycles. The zero-order chi connectivity index (χ0) is 30.4. The van der Waals surface area contributed by atoms with Crippen LogP contribution in [-0.2, 0) is 36.7 Å². The highest BCUT2D eigenvalue weighted by Crippen LogP contribution is 2.60. The number of β-lactam (4-membered cyclic amide) rings is 1. The van der Waals surface area contributed by atoms with Gasteiger partial charge in [-0.05, 0) is 58.2 Å². The number of amides is 1. The van der Waals surface area contributed by atoms with Crippen LogP contribution in [0.3, 0.4) is 0 Å². The Morgan fingerprint density at radius 3 is 2.51 bits per heavy atom. The van der Waals surface area contributed by atoms with E-state index in [0.717, 1.165) is 30.1 Å². The molecule has 0 radical (unpaired) electrons. The Morgan fingerprint density at radius 2 is 1.83 bits per heavy atom. The Morgan fingerprint density at radius 1 is 1.17 bits per heavy atom. The van der Waals surface area contributed by atoms with Crippen molar-refractivity contribution in [1.82, 2.24) is 4.90 Å². The number of hydrogen-bond donors (Lipinski definition) is 0. The van der Waals surface area contributed by atoms with Gasteiger partial charge in [0.2, 0.25) is 6.79 Å². The van der Waals surface area contributed by atoms with Gasteiger partial charge in [-0.1, -0.05) is 95.0 Å². The number of nitrogens with zero attached hydrogens (tertiary/aromatic N) is 1. The number of esters is 1. The van der Waals surface area contributed by atoms with Crippen LogP contribution in [0.15, 0.2) is 18.2 Å². The first kappa shape index (κ1) is 35.0. The van der Waals surface area contributed by atoms with Gasteiger partial charge in [0.25, 0.3) is 5.91 Å². The standard InChI is InChI=1S/C18H28O3S.C11H13I2NO4S/c1-3-4-5-6-7-8-11-22(19)15(2)12-16-9-10-17-18(13-16)21-14-20-17;1-5(15)4-18-7(16)6-10(2,3)19-9-11(12,13)8(17)14(6)9/h9-10,13,15H,3-8,11-12,14H2,1-2H3;6,9H,4H2,1-3H3/t;6-,9+/m.0/s1.